The van der Waals surface area contributed by atoms with Crippen LogP contribution in [0.5, 0.6) is 0 Å². The number of hydrogen-bond donors (Lipinski definition) is 2. The number of thioether (sulfide) groups is 1. The van der Waals surface area contributed by atoms with E-state index in [1.807, 2.05) is 32.0 Å². The Bertz CT molecular complexity index is 736. The molecule has 2 N–H and O–H groups in total. The Kier molecular flexibility index (Phi) is 5.55. The number of carboxylic acids is 1. The van der Waals surface area contributed by atoms with Crippen LogP contribution in [0.3, 0.4) is 0 Å². The Balaban J connectivity index is 1.68. The zero-order valence-electron chi connectivity index (χ0n) is 15.0. The third-order valence-electron chi connectivity index (χ3n) is 5.46. The van der Waals surface area contributed by atoms with Crippen LogP contribution in [-0.4, -0.2) is 45.5 Å². The summed E-state index contributed by atoms with van der Waals surface area (Å²) in [7, 11) is 0. The number of benzene rings is 1. The highest BCUT2D eigenvalue weighted by atomic mass is 32.2. The fourth-order valence-corrected chi connectivity index (χ4v) is 4.81. The molecule has 0 spiro atoms. The van der Waals surface area contributed by atoms with Crippen LogP contribution in [0, 0.1) is 25.7 Å². The first-order valence-corrected chi connectivity index (χ1v) is 10.0. The Morgan fingerprint density at radius 2 is 1.92 bits per heavy atom. The number of carboxylic acid groups (broad SMARTS) is 1. The van der Waals surface area contributed by atoms with Crippen molar-refractivity contribution in [3.63, 3.8) is 0 Å². The topological polar surface area (TPSA) is 86.7 Å². The zero-order valence-corrected chi connectivity index (χ0v) is 15.8. The number of hydrogen-bond acceptors (Lipinski definition) is 4. The van der Waals surface area contributed by atoms with Crippen LogP contribution in [0.25, 0.3) is 0 Å². The number of nitrogens with one attached hydrogen (secondary N) is 1. The van der Waals surface area contributed by atoms with Gasteiger partial charge in [0, 0.05) is 17.4 Å². The summed E-state index contributed by atoms with van der Waals surface area (Å²) in [6, 6.07) is 5.25. The molecule has 26 heavy (non-hydrogen) atoms. The van der Waals surface area contributed by atoms with E-state index in [-0.39, 0.29) is 17.7 Å². The van der Waals surface area contributed by atoms with Crippen LogP contribution >= 0.6 is 11.8 Å². The van der Waals surface area contributed by atoms with Crippen molar-refractivity contribution < 1.29 is 19.5 Å². The normalized spacial score (nSPS) is 25.3. The molecule has 0 bridgehead atoms. The number of aryl methyl sites for hydroxylation is 1. The summed E-state index contributed by atoms with van der Waals surface area (Å²) in [5.41, 5.74) is 2.89. The fraction of sp³-hybridized carbons (Fsp3) is 0.526. The standard InChI is InChI=1S/C19H24N2O4S/c1-11-4-3-5-15(12(11)2)20-17(22)16-9-26-10-21(16)18(23)13-6-7-14(8-13)19(24)25/h3-5,13-14,16H,6-10H2,1-2H3,(H,20,22)(H,24,25)/t13-,14+,16?/m1/s1. The van der Waals surface area contributed by atoms with E-state index >= 15 is 0 Å². The number of anilines is 1. The van der Waals surface area contributed by atoms with Gasteiger partial charge in [-0.2, -0.15) is 0 Å². The van der Waals surface area contributed by atoms with Gasteiger partial charge >= 0.3 is 5.97 Å². The number of aliphatic carboxylic acids is 1. The molecule has 1 aromatic rings. The largest absolute Gasteiger partial charge is 0.481 e. The molecule has 1 saturated heterocycles. The summed E-state index contributed by atoms with van der Waals surface area (Å²) in [5.74, 6) is -0.771. The Morgan fingerprint density at radius 3 is 2.62 bits per heavy atom. The number of carbonyl (C=O) groups excluding carboxylic acids is 2. The molecular formula is C19H24N2O4S. The van der Waals surface area contributed by atoms with Crippen molar-refractivity contribution in [1.29, 1.82) is 0 Å². The minimum Gasteiger partial charge on any atom is -0.481 e. The van der Waals surface area contributed by atoms with Gasteiger partial charge < -0.3 is 15.3 Å². The quantitative estimate of drug-likeness (QED) is 0.844. The first kappa shape index (κ1) is 18.8. The summed E-state index contributed by atoms with van der Waals surface area (Å²) in [4.78, 5) is 38.4. The second-order valence-electron chi connectivity index (χ2n) is 7.11. The molecule has 1 saturated carbocycles. The average molecular weight is 376 g/mol. The number of rotatable bonds is 4. The monoisotopic (exact) mass is 376 g/mol. The SMILES string of the molecule is Cc1cccc(NC(=O)C2CSCN2C(=O)[C@@H]2CC[C@H](C(=O)O)C2)c1C. The van der Waals surface area contributed by atoms with Crippen molar-refractivity contribution in [2.24, 2.45) is 11.8 Å². The van der Waals surface area contributed by atoms with Gasteiger partial charge in [0.2, 0.25) is 11.8 Å². The second kappa shape index (κ2) is 7.70. The summed E-state index contributed by atoms with van der Waals surface area (Å²) >= 11 is 1.56. The molecule has 7 heteroatoms. The number of amides is 2. The van der Waals surface area contributed by atoms with E-state index in [1.165, 1.54) is 0 Å². The van der Waals surface area contributed by atoms with Gasteiger partial charge in [0.1, 0.15) is 6.04 Å². The van der Waals surface area contributed by atoms with Crippen LogP contribution in [0.1, 0.15) is 30.4 Å². The minimum absolute atomic E-state index is 0.0835. The highest BCUT2D eigenvalue weighted by Crippen LogP contribution is 2.35. The van der Waals surface area contributed by atoms with E-state index in [4.69, 9.17) is 5.11 Å². The summed E-state index contributed by atoms with van der Waals surface area (Å²) in [5, 5.41) is 12.1. The van der Waals surface area contributed by atoms with Gasteiger partial charge in [0.25, 0.3) is 0 Å². The van der Waals surface area contributed by atoms with Crippen molar-refractivity contribution in [2.45, 2.75) is 39.2 Å². The van der Waals surface area contributed by atoms with E-state index in [9.17, 15) is 14.4 Å². The maximum atomic E-state index is 12.8. The third kappa shape index (κ3) is 3.72. The molecule has 140 valence electrons. The predicted molar refractivity (Wildman–Crippen MR) is 101 cm³/mol. The lowest BCUT2D eigenvalue weighted by Gasteiger charge is -2.26. The molecule has 2 amide bonds. The third-order valence-corrected chi connectivity index (χ3v) is 6.47. The zero-order chi connectivity index (χ0) is 18.8. The van der Waals surface area contributed by atoms with Gasteiger partial charge in [-0.25, -0.2) is 0 Å². The predicted octanol–water partition coefficient (Wildman–Crippen LogP) is 2.64. The summed E-state index contributed by atoms with van der Waals surface area (Å²) < 4.78 is 0. The van der Waals surface area contributed by atoms with Gasteiger partial charge in [0.05, 0.1) is 11.8 Å². The molecule has 1 heterocycles. The summed E-state index contributed by atoms with van der Waals surface area (Å²) in [6.45, 7) is 3.95. The average Bonchev–Trinajstić information content (AvgIpc) is 3.27. The molecular weight excluding hydrogens is 352 g/mol. The van der Waals surface area contributed by atoms with Crippen LogP contribution in [0.2, 0.25) is 0 Å². The number of carbonyl (C=O) groups is 3. The molecule has 1 aliphatic carbocycles. The molecule has 1 unspecified atom stereocenters. The summed E-state index contributed by atoms with van der Waals surface area (Å²) in [6.07, 6.45) is 1.50. The molecule has 0 aromatic heterocycles. The van der Waals surface area contributed by atoms with Gasteiger partial charge in [0.15, 0.2) is 0 Å². The lowest BCUT2D eigenvalue weighted by molar-refractivity contribution is -0.142. The van der Waals surface area contributed by atoms with E-state index in [1.54, 1.807) is 16.7 Å². The van der Waals surface area contributed by atoms with Gasteiger partial charge in [-0.05, 0) is 50.3 Å². The van der Waals surface area contributed by atoms with Crippen LogP contribution < -0.4 is 5.32 Å². The van der Waals surface area contributed by atoms with Crippen molar-refractivity contribution in [1.82, 2.24) is 4.90 Å². The van der Waals surface area contributed by atoms with Crippen molar-refractivity contribution in [3.05, 3.63) is 29.3 Å². The van der Waals surface area contributed by atoms with Crippen LogP contribution in [-0.2, 0) is 14.4 Å². The van der Waals surface area contributed by atoms with Gasteiger partial charge in [-0.3, -0.25) is 14.4 Å². The van der Waals surface area contributed by atoms with Crippen LogP contribution in [0.4, 0.5) is 5.69 Å². The first-order valence-electron chi connectivity index (χ1n) is 8.86. The lowest BCUT2D eigenvalue weighted by atomic mass is 10.0. The fourth-order valence-electron chi connectivity index (χ4n) is 3.64. The second-order valence-corrected chi connectivity index (χ2v) is 8.11. The van der Waals surface area contributed by atoms with E-state index in [0.29, 0.717) is 30.9 Å². The smallest absolute Gasteiger partial charge is 0.306 e. The lowest BCUT2D eigenvalue weighted by Crippen LogP contribution is -2.46. The van der Waals surface area contributed by atoms with Crippen molar-refractivity contribution >= 4 is 35.2 Å². The van der Waals surface area contributed by atoms with Crippen molar-refractivity contribution in [3.8, 4) is 0 Å². The minimum atomic E-state index is -0.833. The van der Waals surface area contributed by atoms with E-state index in [0.717, 1.165) is 16.8 Å². The first-order chi connectivity index (χ1) is 12.4. The maximum absolute atomic E-state index is 12.8. The Morgan fingerprint density at radius 1 is 1.19 bits per heavy atom. The van der Waals surface area contributed by atoms with Crippen LogP contribution in [0.15, 0.2) is 18.2 Å². The molecule has 1 aliphatic heterocycles. The molecule has 0 radical (unpaired) electrons. The highest BCUT2D eigenvalue weighted by Gasteiger charge is 2.41. The number of nitrogens with zero attached hydrogens (tertiary/aromatic N) is 1. The van der Waals surface area contributed by atoms with Gasteiger partial charge in [-0.15, -0.1) is 11.8 Å². The van der Waals surface area contributed by atoms with E-state index in [2.05, 4.69) is 5.32 Å². The molecule has 2 fully saturated rings. The Labute approximate surface area is 157 Å². The maximum Gasteiger partial charge on any atom is 0.306 e. The molecule has 3 rings (SSSR count). The van der Waals surface area contributed by atoms with Gasteiger partial charge in [-0.1, -0.05) is 12.1 Å². The molecule has 3 atom stereocenters. The Hall–Kier alpha value is -2.02. The van der Waals surface area contributed by atoms with E-state index < -0.39 is 17.9 Å². The molecule has 1 aromatic carbocycles. The highest BCUT2D eigenvalue weighted by molar-refractivity contribution is 7.99. The van der Waals surface area contributed by atoms with Crippen molar-refractivity contribution in [2.75, 3.05) is 16.9 Å². The molecule has 6 nitrogen and oxygen atoms in total. The molecule has 2 aliphatic rings.